The van der Waals surface area contributed by atoms with E-state index in [0.29, 0.717) is 11.8 Å². The molecule has 4 nitrogen and oxygen atoms in total. The zero-order chi connectivity index (χ0) is 18.7. The monoisotopic (exact) mass is 399 g/mol. The molecule has 1 saturated heterocycles. The van der Waals surface area contributed by atoms with Gasteiger partial charge in [-0.25, -0.2) is 4.98 Å². The molecular weight excluding hydrogens is 375 g/mol. The lowest BCUT2D eigenvalue weighted by molar-refractivity contribution is -0.141. The summed E-state index contributed by atoms with van der Waals surface area (Å²) in [5.74, 6) is 1.00. The molecule has 148 valence electrons. The Morgan fingerprint density at radius 3 is 2.67 bits per heavy atom. The molecule has 0 N–H and O–H groups in total. The molecular formula is C19H24F3N3OS. The van der Waals surface area contributed by atoms with Crippen molar-refractivity contribution in [2.45, 2.75) is 32.0 Å². The van der Waals surface area contributed by atoms with E-state index in [9.17, 15) is 13.2 Å². The predicted octanol–water partition coefficient (Wildman–Crippen LogP) is 4.24. The Bertz CT molecular complexity index is 740. The van der Waals surface area contributed by atoms with Crippen molar-refractivity contribution < 1.29 is 17.9 Å². The van der Waals surface area contributed by atoms with E-state index in [2.05, 4.69) is 21.8 Å². The molecule has 3 heterocycles. The number of hydrogen-bond acceptors (Lipinski definition) is 4. The fourth-order valence-electron chi connectivity index (χ4n) is 3.39. The van der Waals surface area contributed by atoms with Crippen molar-refractivity contribution in [3.8, 4) is 5.88 Å². The maximum Gasteiger partial charge on any atom is 0.433 e. The number of likely N-dealkylation sites (tertiary alicyclic amines) is 1. The summed E-state index contributed by atoms with van der Waals surface area (Å²) in [4.78, 5) is 10.4. The van der Waals surface area contributed by atoms with Crippen molar-refractivity contribution in [2.24, 2.45) is 5.92 Å². The molecule has 1 aliphatic rings. The summed E-state index contributed by atoms with van der Waals surface area (Å²) < 4.78 is 43.0. The first-order chi connectivity index (χ1) is 12.4. The van der Waals surface area contributed by atoms with E-state index < -0.39 is 11.9 Å². The minimum absolute atomic E-state index is 0. The molecule has 2 atom stereocenters. The molecule has 3 rings (SSSR count). The van der Waals surface area contributed by atoms with E-state index >= 15 is 0 Å². The van der Waals surface area contributed by atoms with Gasteiger partial charge in [0.25, 0.3) is 0 Å². The highest BCUT2D eigenvalue weighted by Crippen LogP contribution is 2.30. The first-order valence-electron chi connectivity index (χ1n) is 8.64. The van der Waals surface area contributed by atoms with Crippen LogP contribution in [0.25, 0.3) is 0 Å². The molecule has 1 aliphatic heterocycles. The Kier molecular flexibility index (Phi) is 7.11. The molecule has 0 bridgehead atoms. The Morgan fingerprint density at radius 1 is 1.26 bits per heavy atom. The third-order valence-corrected chi connectivity index (χ3v) is 4.89. The van der Waals surface area contributed by atoms with Crippen LogP contribution < -0.4 is 4.74 Å². The maximum atomic E-state index is 12.6. The standard InChI is InChI=1S/C19H22F3N3O.H2S/c1-13(16-4-3-5-18(24-16)26-2)25-9-8-15(12-25)10-14-6-7-17(23-11-14)19(20,21)22;/h3-7,11,13,15H,8-10,12H2,1-2H3;1H2/t13?,15-;/m1./s1. The van der Waals surface area contributed by atoms with Crippen LogP contribution in [-0.2, 0) is 12.6 Å². The molecule has 1 fully saturated rings. The number of alkyl halides is 3. The van der Waals surface area contributed by atoms with E-state index in [0.717, 1.165) is 43.3 Å². The fraction of sp³-hybridized carbons (Fsp3) is 0.474. The summed E-state index contributed by atoms with van der Waals surface area (Å²) in [6, 6.07) is 8.50. The highest BCUT2D eigenvalue weighted by molar-refractivity contribution is 7.59. The lowest BCUT2D eigenvalue weighted by atomic mass is 10.00. The van der Waals surface area contributed by atoms with Gasteiger partial charge in [0.15, 0.2) is 0 Å². The minimum atomic E-state index is -4.39. The summed E-state index contributed by atoms with van der Waals surface area (Å²) in [5.41, 5.74) is 0.963. The number of pyridine rings is 2. The second-order valence-corrected chi connectivity index (χ2v) is 6.68. The lowest BCUT2D eigenvalue weighted by Crippen LogP contribution is -2.25. The van der Waals surface area contributed by atoms with Crippen LogP contribution in [0.15, 0.2) is 36.5 Å². The summed E-state index contributed by atoms with van der Waals surface area (Å²) in [6.07, 6.45) is -1.30. The van der Waals surface area contributed by atoms with Gasteiger partial charge in [0.05, 0.1) is 12.8 Å². The van der Waals surface area contributed by atoms with Crippen LogP contribution in [0.3, 0.4) is 0 Å². The number of halogens is 3. The van der Waals surface area contributed by atoms with Crippen molar-refractivity contribution in [2.75, 3.05) is 20.2 Å². The van der Waals surface area contributed by atoms with Gasteiger partial charge < -0.3 is 4.74 Å². The lowest BCUT2D eigenvalue weighted by Gasteiger charge is -2.24. The third-order valence-electron chi connectivity index (χ3n) is 4.89. The summed E-state index contributed by atoms with van der Waals surface area (Å²) in [7, 11) is 1.60. The number of nitrogens with zero attached hydrogens (tertiary/aromatic N) is 3. The van der Waals surface area contributed by atoms with Crippen molar-refractivity contribution in [1.82, 2.24) is 14.9 Å². The van der Waals surface area contributed by atoms with Crippen LogP contribution in [0.5, 0.6) is 5.88 Å². The van der Waals surface area contributed by atoms with Crippen molar-refractivity contribution in [3.63, 3.8) is 0 Å². The SMILES string of the molecule is COc1cccc(C(C)N2CC[C@H](Cc3ccc(C(F)(F)F)nc3)C2)n1.S. The molecule has 1 unspecified atom stereocenters. The highest BCUT2D eigenvalue weighted by Gasteiger charge is 2.32. The normalized spacial score (nSPS) is 18.8. The highest BCUT2D eigenvalue weighted by atomic mass is 32.1. The van der Waals surface area contributed by atoms with Crippen LogP contribution in [0.2, 0.25) is 0 Å². The van der Waals surface area contributed by atoms with Gasteiger partial charge in [-0.05, 0) is 49.9 Å². The third kappa shape index (κ3) is 5.35. The first-order valence-corrected chi connectivity index (χ1v) is 8.64. The van der Waals surface area contributed by atoms with Crippen LogP contribution in [0.1, 0.15) is 36.3 Å². The second kappa shape index (κ2) is 8.93. The van der Waals surface area contributed by atoms with Crippen LogP contribution in [0.4, 0.5) is 13.2 Å². The van der Waals surface area contributed by atoms with Crippen molar-refractivity contribution in [1.29, 1.82) is 0 Å². The van der Waals surface area contributed by atoms with Gasteiger partial charge in [-0.2, -0.15) is 26.7 Å². The molecule has 27 heavy (non-hydrogen) atoms. The zero-order valence-electron chi connectivity index (χ0n) is 15.3. The molecule has 0 amide bonds. The molecule has 0 saturated carbocycles. The molecule has 0 radical (unpaired) electrons. The Morgan fingerprint density at radius 2 is 2.04 bits per heavy atom. The number of rotatable bonds is 5. The van der Waals surface area contributed by atoms with Gasteiger partial charge in [-0.1, -0.05) is 12.1 Å². The van der Waals surface area contributed by atoms with E-state index in [1.807, 2.05) is 18.2 Å². The van der Waals surface area contributed by atoms with Gasteiger partial charge in [0.2, 0.25) is 5.88 Å². The van der Waals surface area contributed by atoms with E-state index in [-0.39, 0.29) is 19.5 Å². The molecule has 2 aromatic rings. The Balaban J connectivity index is 0.00000261. The Hall–Kier alpha value is -1.80. The van der Waals surface area contributed by atoms with Gasteiger partial charge in [-0.15, -0.1) is 0 Å². The van der Waals surface area contributed by atoms with Crippen LogP contribution in [0, 0.1) is 5.92 Å². The maximum absolute atomic E-state index is 12.6. The van der Waals surface area contributed by atoms with E-state index in [4.69, 9.17) is 4.74 Å². The number of methoxy groups -OCH3 is 1. The average molecular weight is 399 g/mol. The molecule has 0 aliphatic carbocycles. The number of hydrogen-bond donors (Lipinski definition) is 0. The number of ether oxygens (including phenoxy) is 1. The van der Waals surface area contributed by atoms with Crippen molar-refractivity contribution >= 4 is 13.5 Å². The van der Waals surface area contributed by atoms with Gasteiger partial charge in [-0.3, -0.25) is 9.88 Å². The van der Waals surface area contributed by atoms with Crippen LogP contribution >= 0.6 is 13.5 Å². The average Bonchev–Trinajstić information content (AvgIpc) is 3.09. The van der Waals surface area contributed by atoms with E-state index in [1.165, 1.54) is 12.3 Å². The number of aromatic nitrogens is 2. The van der Waals surface area contributed by atoms with Gasteiger partial charge in [0.1, 0.15) is 5.69 Å². The van der Waals surface area contributed by atoms with Crippen LogP contribution in [-0.4, -0.2) is 35.1 Å². The van der Waals surface area contributed by atoms with Gasteiger partial charge in [0, 0.05) is 24.8 Å². The zero-order valence-corrected chi connectivity index (χ0v) is 16.3. The topological polar surface area (TPSA) is 38.2 Å². The molecule has 2 aromatic heterocycles. The smallest absolute Gasteiger partial charge is 0.433 e. The largest absolute Gasteiger partial charge is 0.481 e. The van der Waals surface area contributed by atoms with Crippen molar-refractivity contribution in [3.05, 3.63) is 53.5 Å². The predicted molar refractivity (Wildman–Crippen MR) is 102 cm³/mol. The summed E-state index contributed by atoms with van der Waals surface area (Å²) in [5, 5.41) is 0. The molecule has 0 aromatic carbocycles. The van der Waals surface area contributed by atoms with Gasteiger partial charge >= 0.3 is 6.18 Å². The first kappa shape index (κ1) is 21.5. The summed E-state index contributed by atoms with van der Waals surface area (Å²) in [6.45, 7) is 3.95. The summed E-state index contributed by atoms with van der Waals surface area (Å²) >= 11 is 0. The quantitative estimate of drug-likeness (QED) is 0.754. The fourth-order valence-corrected chi connectivity index (χ4v) is 3.39. The second-order valence-electron chi connectivity index (χ2n) is 6.68. The molecule has 8 heteroatoms. The minimum Gasteiger partial charge on any atom is -0.481 e. The molecule has 0 spiro atoms. The van der Waals surface area contributed by atoms with E-state index in [1.54, 1.807) is 7.11 Å². The Labute approximate surface area is 164 Å².